The fourth-order valence-electron chi connectivity index (χ4n) is 2.06. The van der Waals surface area contributed by atoms with Crippen LogP contribution in [0.1, 0.15) is 28.7 Å². The fourth-order valence-corrected chi connectivity index (χ4v) is 2.19. The molecule has 0 spiro atoms. The van der Waals surface area contributed by atoms with Crippen molar-refractivity contribution in [1.82, 2.24) is 4.57 Å². The Morgan fingerprint density at radius 1 is 1.21 bits per heavy atom. The van der Waals surface area contributed by atoms with Crippen molar-refractivity contribution in [3.8, 4) is 0 Å². The Hall–Kier alpha value is -1.74. The highest BCUT2D eigenvalue weighted by atomic mass is 35.5. The zero-order chi connectivity index (χ0) is 13.8. The SMILES string of the molecule is CCc1ccc(C(=O)OC)n1Cc1ccc(Cl)cc1. The van der Waals surface area contributed by atoms with Gasteiger partial charge in [0.1, 0.15) is 5.69 Å². The molecule has 0 unspecified atom stereocenters. The third-order valence-corrected chi connectivity index (χ3v) is 3.33. The number of halogens is 1. The molecule has 0 radical (unpaired) electrons. The molecule has 0 aliphatic heterocycles. The summed E-state index contributed by atoms with van der Waals surface area (Å²) in [5.41, 5.74) is 2.78. The van der Waals surface area contributed by atoms with Crippen LogP contribution >= 0.6 is 11.6 Å². The summed E-state index contributed by atoms with van der Waals surface area (Å²) < 4.78 is 6.79. The highest BCUT2D eigenvalue weighted by Crippen LogP contribution is 2.16. The van der Waals surface area contributed by atoms with Gasteiger partial charge in [-0.3, -0.25) is 0 Å². The number of aryl methyl sites for hydroxylation is 1. The first-order chi connectivity index (χ1) is 9.15. The van der Waals surface area contributed by atoms with Gasteiger partial charge in [0, 0.05) is 17.3 Å². The lowest BCUT2D eigenvalue weighted by Crippen LogP contribution is -2.13. The molecule has 1 aromatic heterocycles. The molecule has 0 amide bonds. The van der Waals surface area contributed by atoms with Crippen molar-refractivity contribution in [3.63, 3.8) is 0 Å². The van der Waals surface area contributed by atoms with Crippen LogP contribution in [0.5, 0.6) is 0 Å². The van der Waals surface area contributed by atoms with Crippen molar-refractivity contribution in [2.45, 2.75) is 19.9 Å². The fraction of sp³-hybridized carbons (Fsp3) is 0.267. The molecule has 19 heavy (non-hydrogen) atoms. The number of methoxy groups -OCH3 is 1. The van der Waals surface area contributed by atoms with Crippen molar-refractivity contribution >= 4 is 17.6 Å². The largest absolute Gasteiger partial charge is 0.464 e. The smallest absolute Gasteiger partial charge is 0.354 e. The van der Waals surface area contributed by atoms with Crippen LogP contribution in [0.15, 0.2) is 36.4 Å². The van der Waals surface area contributed by atoms with Crippen LogP contribution in [0.4, 0.5) is 0 Å². The van der Waals surface area contributed by atoms with Gasteiger partial charge >= 0.3 is 5.97 Å². The van der Waals surface area contributed by atoms with Gasteiger partial charge in [-0.05, 0) is 36.2 Å². The molecule has 0 bridgehead atoms. The lowest BCUT2D eigenvalue weighted by atomic mass is 10.2. The molecule has 2 rings (SSSR count). The van der Waals surface area contributed by atoms with E-state index in [0.717, 1.165) is 17.7 Å². The van der Waals surface area contributed by atoms with Crippen LogP contribution < -0.4 is 0 Å². The van der Waals surface area contributed by atoms with Crippen LogP contribution in [-0.2, 0) is 17.7 Å². The Morgan fingerprint density at radius 2 is 1.89 bits per heavy atom. The van der Waals surface area contributed by atoms with Gasteiger partial charge in [-0.1, -0.05) is 30.7 Å². The van der Waals surface area contributed by atoms with Crippen molar-refractivity contribution in [2.24, 2.45) is 0 Å². The van der Waals surface area contributed by atoms with E-state index in [1.54, 1.807) is 6.07 Å². The van der Waals surface area contributed by atoms with Gasteiger partial charge in [0.15, 0.2) is 0 Å². The second kappa shape index (κ2) is 5.93. The molecule has 0 aliphatic carbocycles. The number of hydrogen-bond donors (Lipinski definition) is 0. The van der Waals surface area contributed by atoms with E-state index in [0.29, 0.717) is 17.3 Å². The average Bonchev–Trinajstić information content (AvgIpc) is 2.83. The minimum Gasteiger partial charge on any atom is -0.464 e. The van der Waals surface area contributed by atoms with Crippen molar-refractivity contribution in [1.29, 1.82) is 0 Å². The molecule has 0 saturated heterocycles. The zero-order valence-corrected chi connectivity index (χ0v) is 11.8. The molecule has 0 atom stereocenters. The zero-order valence-electron chi connectivity index (χ0n) is 11.0. The quantitative estimate of drug-likeness (QED) is 0.801. The first kappa shape index (κ1) is 13.7. The highest BCUT2D eigenvalue weighted by Gasteiger charge is 2.14. The Bertz CT molecular complexity index is 572. The van der Waals surface area contributed by atoms with Gasteiger partial charge in [-0.2, -0.15) is 0 Å². The molecule has 100 valence electrons. The molecular weight excluding hydrogens is 262 g/mol. The van der Waals surface area contributed by atoms with Crippen LogP contribution in [-0.4, -0.2) is 17.6 Å². The summed E-state index contributed by atoms with van der Waals surface area (Å²) in [5, 5.41) is 0.708. The number of esters is 1. The first-order valence-electron chi connectivity index (χ1n) is 6.17. The summed E-state index contributed by atoms with van der Waals surface area (Å²) in [6.45, 7) is 2.70. The van der Waals surface area contributed by atoms with Gasteiger partial charge in [-0.25, -0.2) is 4.79 Å². The Labute approximate surface area is 117 Å². The average molecular weight is 278 g/mol. The molecule has 0 saturated carbocycles. The number of carbonyl (C=O) groups is 1. The molecule has 0 aliphatic rings. The van der Waals surface area contributed by atoms with Gasteiger partial charge in [-0.15, -0.1) is 0 Å². The molecule has 0 N–H and O–H groups in total. The van der Waals surface area contributed by atoms with E-state index in [-0.39, 0.29) is 5.97 Å². The van der Waals surface area contributed by atoms with Crippen LogP contribution in [0, 0.1) is 0 Å². The van der Waals surface area contributed by atoms with E-state index < -0.39 is 0 Å². The normalized spacial score (nSPS) is 10.5. The summed E-state index contributed by atoms with van der Waals surface area (Å²) in [6.07, 6.45) is 0.866. The number of nitrogens with zero attached hydrogens (tertiary/aromatic N) is 1. The number of hydrogen-bond acceptors (Lipinski definition) is 2. The summed E-state index contributed by atoms with van der Waals surface area (Å²) in [6, 6.07) is 11.4. The van der Waals surface area contributed by atoms with Gasteiger partial charge in [0.05, 0.1) is 7.11 Å². The van der Waals surface area contributed by atoms with Crippen molar-refractivity contribution in [3.05, 3.63) is 58.4 Å². The van der Waals surface area contributed by atoms with E-state index >= 15 is 0 Å². The summed E-state index contributed by atoms with van der Waals surface area (Å²) in [7, 11) is 1.40. The van der Waals surface area contributed by atoms with Gasteiger partial charge < -0.3 is 9.30 Å². The second-order valence-corrected chi connectivity index (χ2v) is 4.70. The number of aromatic nitrogens is 1. The lowest BCUT2D eigenvalue weighted by molar-refractivity contribution is 0.0588. The lowest BCUT2D eigenvalue weighted by Gasteiger charge is -2.12. The number of benzene rings is 1. The molecular formula is C15H16ClNO2. The Morgan fingerprint density at radius 3 is 2.47 bits per heavy atom. The van der Waals surface area contributed by atoms with Gasteiger partial charge in [0.25, 0.3) is 0 Å². The van der Waals surface area contributed by atoms with E-state index in [2.05, 4.69) is 6.92 Å². The predicted octanol–water partition coefficient (Wildman–Crippen LogP) is 3.54. The highest BCUT2D eigenvalue weighted by molar-refractivity contribution is 6.30. The summed E-state index contributed by atoms with van der Waals surface area (Å²) >= 11 is 5.88. The topological polar surface area (TPSA) is 31.2 Å². The Balaban J connectivity index is 2.34. The van der Waals surface area contributed by atoms with E-state index in [1.807, 2.05) is 34.9 Å². The van der Waals surface area contributed by atoms with Crippen molar-refractivity contribution in [2.75, 3.05) is 7.11 Å². The maximum Gasteiger partial charge on any atom is 0.354 e. The molecule has 0 fully saturated rings. The molecule has 2 aromatic rings. The van der Waals surface area contributed by atoms with Crippen LogP contribution in [0.3, 0.4) is 0 Å². The van der Waals surface area contributed by atoms with E-state index in [1.165, 1.54) is 7.11 Å². The molecule has 3 nitrogen and oxygen atoms in total. The van der Waals surface area contributed by atoms with Crippen LogP contribution in [0.25, 0.3) is 0 Å². The van der Waals surface area contributed by atoms with E-state index in [9.17, 15) is 4.79 Å². The molecule has 1 heterocycles. The molecule has 4 heteroatoms. The third kappa shape index (κ3) is 2.99. The van der Waals surface area contributed by atoms with Crippen molar-refractivity contribution < 1.29 is 9.53 Å². The number of ether oxygens (including phenoxy) is 1. The predicted molar refractivity (Wildman–Crippen MR) is 75.7 cm³/mol. The number of carbonyl (C=O) groups excluding carboxylic acids is 1. The monoisotopic (exact) mass is 277 g/mol. The molecule has 1 aromatic carbocycles. The summed E-state index contributed by atoms with van der Waals surface area (Å²) in [4.78, 5) is 11.7. The second-order valence-electron chi connectivity index (χ2n) is 4.27. The first-order valence-corrected chi connectivity index (χ1v) is 6.54. The number of rotatable bonds is 4. The maximum atomic E-state index is 11.7. The third-order valence-electron chi connectivity index (χ3n) is 3.08. The van der Waals surface area contributed by atoms with Gasteiger partial charge in [0.2, 0.25) is 0 Å². The maximum absolute atomic E-state index is 11.7. The minimum absolute atomic E-state index is 0.311. The van der Waals surface area contributed by atoms with E-state index in [4.69, 9.17) is 16.3 Å². The van der Waals surface area contributed by atoms with Crippen LogP contribution in [0.2, 0.25) is 5.02 Å². The minimum atomic E-state index is -0.311. The Kier molecular flexibility index (Phi) is 4.27. The standard InChI is InChI=1S/C15H16ClNO2/c1-3-13-8-9-14(15(18)19-2)17(13)10-11-4-6-12(16)7-5-11/h4-9H,3,10H2,1-2H3. The summed E-state index contributed by atoms with van der Waals surface area (Å²) in [5.74, 6) is -0.311.